The van der Waals surface area contributed by atoms with E-state index in [9.17, 15) is 19.5 Å². The Kier molecular flexibility index (Phi) is 5.45. The minimum atomic E-state index is -0.989. The zero-order chi connectivity index (χ0) is 19.0. The molecule has 0 aromatic carbocycles. The number of rotatable bonds is 6. The van der Waals surface area contributed by atoms with E-state index in [-0.39, 0.29) is 35.0 Å². The standard InChI is InChI=1S/C20H30O5/c1-12(9-17(22)23)5-7-19(3)13(2)6-8-20(4)15(18(24)25)10-14(21)11-16(19)20/h10,12-13,16H,5-9,11H2,1-4H3,(H,22,23)(H,24,25). The highest BCUT2D eigenvalue weighted by Crippen LogP contribution is 2.61. The van der Waals surface area contributed by atoms with Crippen LogP contribution in [0.5, 0.6) is 0 Å². The topological polar surface area (TPSA) is 91.7 Å². The fourth-order valence-electron chi connectivity index (χ4n) is 5.14. The monoisotopic (exact) mass is 350 g/mol. The second-order valence-corrected chi connectivity index (χ2v) is 8.69. The van der Waals surface area contributed by atoms with Gasteiger partial charge in [-0.3, -0.25) is 9.59 Å². The van der Waals surface area contributed by atoms with Crippen molar-refractivity contribution in [2.45, 2.75) is 66.2 Å². The predicted molar refractivity (Wildman–Crippen MR) is 94.1 cm³/mol. The van der Waals surface area contributed by atoms with E-state index in [0.717, 1.165) is 25.7 Å². The van der Waals surface area contributed by atoms with Crippen molar-refractivity contribution in [1.82, 2.24) is 0 Å². The number of carbonyl (C=O) groups excluding carboxylic acids is 1. The molecule has 25 heavy (non-hydrogen) atoms. The Hall–Kier alpha value is -1.65. The molecule has 0 bridgehead atoms. The zero-order valence-electron chi connectivity index (χ0n) is 15.7. The average Bonchev–Trinajstić information content (AvgIpc) is 2.50. The normalized spacial score (nSPS) is 36.3. The van der Waals surface area contributed by atoms with Crippen molar-refractivity contribution >= 4 is 17.7 Å². The van der Waals surface area contributed by atoms with Gasteiger partial charge in [-0.05, 0) is 54.9 Å². The van der Waals surface area contributed by atoms with Gasteiger partial charge >= 0.3 is 11.9 Å². The smallest absolute Gasteiger partial charge is 0.332 e. The van der Waals surface area contributed by atoms with Crippen LogP contribution in [0.15, 0.2) is 11.6 Å². The summed E-state index contributed by atoms with van der Waals surface area (Å²) in [6, 6.07) is 0. The van der Waals surface area contributed by atoms with Crippen molar-refractivity contribution in [1.29, 1.82) is 0 Å². The highest BCUT2D eigenvalue weighted by molar-refractivity contribution is 6.01. The molecule has 2 aliphatic rings. The molecule has 0 heterocycles. The number of hydrogen-bond donors (Lipinski definition) is 2. The Balaban J connectivity index is 2.31. The predicted octanol–water partition coefficient (Wildman–Crippen LogP) is 3.92. The summed E-state index contributed by atoms with van der Waals surface area (Å²) in [6.45, 7) is 8.30. The molecule has 2 N–H and O–H groups in total. The zero-order valence-corrected chi connectivity index (χ0v) is 15.7. The van der Waals surface area contributed by atoms with Gasteiger partial charge in [0, 0.05) is 23.8 Å². The molecule has 1 fully saturated rings. The first-order chi connectivity index (χ1) is 11.5. The van der Waals surface area contributed by atoms with E-state index in [1.807, 2.05) is 13.8 Å². The molecular formula is C20H30O5. The number of fused-ring (bicyclic) bond motifs is 1. The van der Waals surface area contributed by atoms with Gasteiger partial charge in [-0.2, -0.15) is 0 Å². The number of carbonyl (C=O) groups is 3. The van der Waals surface area contributed by atoms with Gasteiger partial charge in [0.05, 0.1) is 0 Å². The molecule has 2 rings (SSSR count). The Morgan fingerprint density at radius 1 is 1.32 bits per heavy atom. The van der Waals surface area contributed by atoms with Crippen LogP contribution < -0.4 is 0 Å². The van der Waals surface area contributed by atoms with E-state index in [4.69, 9.17) is 5.11 Å². The number of carboxylic acids is 2. The highest BCUT2D eigenvalue weighted by atomic mass is 16.4. The van der Waals surface area contributed by atoms with E-state index in [2.05, 4.69) is 13.8 Å². The Morgan fingerprint density at radius 3 is 2.52 bits per heavy atom. The summed E-state index contributed by atoms with van der Waals surface area (Å²) >= 11 is 0. The first-order valence-electron chi connectivity index (χ1n) is 9.20. The number of carboxylic acid groups (broad SMARTS) is 2. The molecular weight excluding hydrogens is 320 g/mol. The summed E-state index contributed by atoms with van der Waals surface area (Å²) in [5, 5.41) is 18.6. The molecule has 0 amide bonds. The maximum atomic E-state index is 12.2. The molecule has 5 nitrogen and oxygen atoms in total. The molecule has 140 valence electrons. The van der Waals surface area contributed by atoms with E-state index in [0.29, 0.717) is 12.3 Å². The lowest BCUT2D eigenvalue weighted by molar-refractivity contribution is -0.141. The van der Waals surface area contributed by atoms with Gasteiger partial charge in [-0.25, -0.2) is 4.79 Å². The second kappa shape index (κ2) is 6.93. The maximum absolute atomic E-state index is 12.2. The summed E-state index contributed by atoms with van der Waals surface area (Å²) in [7, 11) is 0. The van der Waals surface area contributed by atoms with Crippen LogP contribution in [0.25, 0.3) is 0 Å². The van der Waals surface area contributed by atoms with Gasteiger partial charge < -0.3 is 10.2 Å². The molecule has 0 spiro atoms. The summed E-state index contributed by atoms with van der Waals surface area (Å²) < 4.78 is 0. The molecule has 0 radical (unpaired) electrons. The lowest BCUT2D eigenvalue weighted by Crippen LogP contribution is -2.52. The van der Waals surface area contributed by atoms with E-state index in [1.54, 1.807) is 0 Å². The fraction of sp³-hybridized carbons (Fsp3) is 0.750. The summed E-state index contributed by atoms with van der Waals surface area (Å²) in [4.78, 5) is 34.9. The number of ketones is 1. The van der Waals surface area contributed by atoms with Crippen molar-refractivity contribution in [3.8, 4) is 0 Å². The average molecular weight is 350 g/mol. The molecule has 0 saturated heterocycles. The Bertz CT molecular complexity index is 607. The van der Waals surface area contributed by atoms with Crippen LogP contribution in [0.1, 0.15) is 66.2 Å². The minimum absolute atomic E-state index is 0.00984. The van der Waals surface area contributed by atoms with Gasteiger partial charge in [0.1, 0.15) is 0 Å². The summed E-state index contributed by atoms with van der Waals surface area (Å²) in [5.74, 6) is -1.44. The maximum Gasteiger partial charge on any atom is 0.332 e. The van der Waals surface area contributed by atoms with E-state index in [1.165, 1.54) is 6.08 Å². The quantitative estimate of drug-likeness (QED) is 0.757. The first-order valence-corrected chi connectivity index (χ1v) is 9.20. The van der Waals surface area contributed by atoms with Crippen LogP contribution in [-0.4, -0.2) is 27.9 Å². The van der Waals surface area contributed by atoms with Crippen LogP contribution in [0, 0.1) is 28.6 Å². The molecule has 0 aromatic rings. The van der Waals surface area contributed by atoms with Crippen molar-refractivity contribution < 1.29 is 24.6 Å². The largest absolute Gasteiger partial charge is 0.481 e. The second-order valence-electron chi connectivity index (χ2n) is 8.69. The molecule has 0 aliphatic heterocycles. The fourth-order valence-corrected chi connectivity index (χ4v) is 5.14. The first kappa shape index (κ1) is 19.7. The van der Waals surface area contributed by atoms with Crippen molar-refractivity contribution in [3.63, 3.8) is 0 Å². The number of allylic oxidation sites excluding steroid dienone is 1. The van der Waals surface area contributed by atoms with Crippen LogP contribution in [0.3, 0.4) is 0 Å². The molecule has 1 saturated carbocycles. The van der Waals surface area contributed by atoms with Crippen LogP contribution >= 0.6 is 0 Å². The molecule has 0 aromatic heterocycles. The van der Waals surface area contributed by atoms with Crippen LogP contribution in [0.4, 0.5) is 0 Å². The van der Waals surface area contributed by atoms with Crippen LogP contribution in [-0.2, 0) is 14.4 Å². The van der Waals surface area contributed by atoms with E-state index < -0.39 is 17.4 Å². The Morgan fingerprint density at radius 2 is 1.96 bits per heavy atom. The molecule has 5 unspecified atom stereocenters. The SMILES string of the molecule is CC(CCC1(C)C(C)CCC2(C)C(C(=O)O)=CC(=O)CC21)CC(=O)O. The van der Waals surface area contributed by atoms with Gasteiger partial charge in [0.25, 0.3) is 0 Å². The lowest BCUT2D eigenvalue weighted by atomic mass is 9.46. The molecule has 5 heteroatoms. The molecule has 5 atom stereocenters. The third kappa shape index (κ3) is 3.65. The highest BCUT2D eigenvalue weighted by Gasteiger charge is 2.56. The Labute approximate surface area is 149 Å². The van der Waals surface area contributed by atoms with Gasteiger partial charge in [0.15, 0.2) is 5.78 Å². The summed E-state index contributed by atoms with van der Waals surface area (Å²) in [6.07, 6.45) is 5.18. The van der Waals surface area contributed by atoms with Crippen molar-refractivity contribution in [3.05, 3.63) is 11.6 Å². The van der Waals surface area contributed by atoms with Gasteiger partial charge in [-0.1, -0.05) is 27.7 Å². The van der Waals surface area contributed by atoms with Crippen molar-refractivity contribution in [2.75, 3.05) is 0 Å². The van der Waals surface area contributed by atoms with Gasteiger partial charge in [0.2, 0.25) is 0 Å². The minimum Gasteiger partial charge on any atom is -0.481 e. The molecule has 2 aliphatic carbocycles. The van der Waals surface area contributed by atoms with E-state index >= 15 is 0 Å². The number of hydrogen-bond acceptors (Lipinski definition) is 3. The number of aliphatic carboxylic acids is 2. The third-order valence-electron chi connectivity index (χ3n) is 7.04. The summed E-state index contributed by atoms with van der Waals surface area (Å²) in [5.41, 5.74) is -0.396. The third-order valence-corrected chi connectivity index (χ3v) is 7.04. The lowest BCUT2D eigenvalue weighted by Gasteiger charge is -2.57. The van der Waals surface area contributed by atoms with Crippen molar-refractivity contribution in [2.24, 2.45) is 28.6 Å². The van der Waals surface area contributed by atoms with Crippen LogP contribution in [0.2, 0.25) is 0 Å². The van der Waals surface area contributed by atoms with Gasteiger partial charge in [-0.15, -0.1) is 0 Å².